The fraction of sp³-hybridized carbons (Fsp3) is 0.760. The summed E-state index contributed by atoms with van der Waals surface area (Å²) in [5, 5.41) is 8.87. The lowest BCUT2D eigenvalue weighted by Crippen LogP contribution is -2.64. The molecule has 0 bridgehead atoms. The van der Waals surface area contributed by atoms with Crippen molar-refractivity contribution in [3.63, 3.8) is 0 Å². The number of sulfone groups is 1. The predicted molar refractivity (Wildman–Crippen MR) is 123 cm³/mol. The van der Waals surface area contributed by atoms with E-state index in [0.29, 0.717) is 24.5 Å². The van der Waals surface area contributed by atoms with Crippen LogP contribution in [-0.4, -0.2) is 50.3 Å². The Bertz CT molecular complexity index is 750. The van der Waals surface area contributed by atoms with E-state index in [2.05, 4.69) is 6.92 Å². The van der Waals surface area contributed by atoms with E-state index in [4.69, 9.17) is 14.6 Å². The van der Waals surface area contributed by atoms with Crippen LogP contribution < -0.4 is 0 Å². The van der Waals surface area contributed by atoms with Crippen molar-refractivity contribution in [2.24, 2.45) is 5.92 Å². The average Bonchev–Trinajstić information content (AvgIpc) is 2.79. The highest BCUT2D eigenvalue weighted by Gasteiger charge is 2.60. The highest BCUT2D eigenvalue weighted by atomic mass is 32.2. The molecule has 1 aromatic carbocycles. The van der Waals surface area contributed by atoms with Crippen LogP contribution in [0.25, 0.3) is 0 Å². The van der Waals surface area contributed by atoms with Crippen LogP contribution in [0.3, 0.4) is 0 Å². The molecule has 4 atom stereocenters. The third-order valence-corrected chi connectivity index (χ3v) is 10.0. The van der Waals surface area contributed by atoms with E-state index in [1.54, 1.807) is 24.3 Å². The van der Waals surface area contributed by atoms with Crippen LogP contribution >= 0.6 is 0 Å². The minimum Gasteiger partial charge on any atom is -0.396 e. The molecule has 1 saturated heterocycles. The molecule has 4 unspecified atom stereocenters. The fourth-order valence-electron chi connectivity index (χ4n) is 5.53. The smallest absolute Gasteiger partial charge is 0.186 e. The largest absolute Gasteiger partial charge is 0.396 e. The maximum absolute atomic E-state index is 14.1. The van der Waals surface area contributed by atoms with Gasteiger partial charge in [0.1, 0.15) is 10.9 Å². The van der Waals surface area contributed by atoms with Gasteiger partial charge in [0.15, 0.2) is 9.84 Å². The van der Waals surface area contributed by atoms with Crippen molar-refractivity contribution in [2.75, 3.05) is 19.8 Å². The first-order valence-corrected chi connectivity index (χ1v) is 13.7. The fourth-order valence-corrected chi connectivity index (χ4v) is 8.07. The minimum absolute atomic E-state index is 0.0270. The molecule has 6 heteroatoms. The molecular weight excluding hydrogens is 412 g/mol. The Morgan fingerprint density at radius 2 is 1.52 bits per heavy atom. The van der Waals surface area contributed by atoms with E-state index in [1.807, 2.05) is 6.07 Å². The average molecular weight is 453 g/mol. The summed E-state index contributed by atoms with van der Waals surface area (Å²) in [7, 11) is -3.58. The molecule has 176 valence electrons. The standard InChI is InChI=1S/C25H40O5S/c1-21-15-16-23-24(30-20-19-29-23)25(21,31(27,28)22-13-9-8-10-14-22)17-11-6-4-2-3-5-7-12-18-26/h8-10,13-14,21,23-24,26H,2-7,11-12,15-20H2,1H3. The van der Waals surface area contributed by atoms with Gasteiger partial charge in [-0.05, 0) is 43.7 Å². The highest BCUT2D eigenvalue weighted by molar-refractivity contribution is 7.93. The number of hydrogen-bond acceptors (Lipinski definition) is 5. The molecule has 1 N–H and O–H groups in total. The van der Waals surface area contributed by atoms with Gasteiger partial charge in [-0.2, -0.15) is 0 Å². The number of hydrogen-bond donors (Lipinski definition) is 1. The minimum atomic E-state index is -3.58. The number of unbranched alkanes of at least 4 members (excludes halogenated alkanes) is 7. The maximum Gasteiger partial charge on any atom is 0.186 e. The predicted octanol–water partition coefficient (Wildman–Crippen LogP) is 4.92. The van der Waals surface area contributed by atoms with Gasteiger partial charge in [-0.3, -0.25) is 0 Å². The van der Waals surface area contributed by atoms with Crippen molar-refractivity contribution >= 4 is 9.84 Å². The number of benzene rings is 1. The molecule has 3 rings (SSSR count). The van der Waals surface area contributed by atoms with Gasteiger partial charge in [-0.15, -0.1) is 0 Å². The molecule has 31 heavy (non-hydrogen) atoms. The lowest BCUT2D eigenvalue weighted by atomic mass is 9.73. The van der Waals surface area contributed by atoms with Crippen LogP contribution in [0.1, 0.15) is 77.6 Å². The van der Waals surface area contributed by atoms with Crippen molar-refractivity contribution < 1.29 is 23.0 Å². The van der Waals surface area contributed by atoms with E-state index < -0.39 is 20.7 Å². The monoisotopic (exact) mass is 452 g/mol. The van der Waals surface area contributed by atoms with Gasteiger partial charge in [0.2, 0.25) is 0 Å². The third-order valence-electron chi connectivity index (χ3n) is 7.28. The van der Waals surface area contributed by atoms with E-state index in [9.17, 15) is 8.42 Å². The Labute approximate surface area is 188 Å². The molecule has 0 spiro atoms. The zero-order valence-electron chi connectivity index (χ0n) is 19.0. The van der Waals surface area contributed by atoms with E-state index >= 15 is 0 Å². The van der Waals surface area contributed by atoms with Gasteiger partial charge in [0.05, 0.1) is 24.2 Å². The molecule has 0 radical (unpaired) electrons. The van der Waals surface area contributed by atoms with Gasteiger partial charge in [0, 0.05) is 6.61 Å². The van der Waals surface area contributed by atoms with Crippen LogP contribution in [0.5, 0.6) is 0 Å². The molecule has 0 amide bonds. The molecule has 1 saturated carbocycles. The summed E-state index contributed by atoms with van der Waals surface area (Å²) in [5.74, 6) is 0.0270. The second-order valence-electron chi connectivity index (χ2n) is 9.25. The molecule has 1 aromatic rings. The highest BCUT2D eigenvalue weighted by Crippen LogP contribution is 2.49. The number of rotatable bonds is 12. The Morgan fingerprint density at radius 3 is 2.19 bits per heavy atom. The topological polar surface area (TPSA) is 72.8 Å². The lowest BCUT2D eigenvalue weighted by Gasteiger charge is -2.52. The quantitative estimate of drug-likeness (QED) is 0.456. The molecule has 1 aliphatic heterocycles. The Morgan fingerprint density at radius 1 is 0.903 bits per heavy atom. The van der Waals surface area contributed by atoms with Crippen LogP contribution in [0.15, 0.2) is 35.2 Å². The molecule has 5 nitrogen and oxygen atoms in total. The summed E-state index contributed by atoms with van der Waals surface area (Å²) in [5.41, 5.74) is 0. The van der Waals surface area contributed by atoms with Gasteiger partial charge in [-0.25, -0.2) is 8.42 Å². The second-order valence-corrected chi connectivity index (χ2v) is 11.5. The van der Waals surface area contributed by atoms with Crippen molar-refractivity contribution in [1.29, 1.82) is 0 Å². The lowest BCUT2D eigenvalue weighted by molar-refractivity contribution is -0.177. The van der Waals surface area contributed by atoms with Crippen molar-refractivity contribution in [2.45, 2.75) is 99.4 Å². The van der Waals surface area contributed by atoms with Crippen LogP contribution in [0.2, 0.25) is 0 Å². The first-order valence-electron chi connectivity index (χ1n) is 12.2. The zero-order valence-corrected chi connectivity index (χ0v) is 19.8. The third kappa shape index (κ3) is 5.52. The Kier molecular flexibility index (Phi) is 9.38. The number of aliphatic hydroxyl groups excluding tert-OH is 1. The van der Waals surface area contributed by atoms with Gasteiger partial charge < -0.3 is 14.6 Å². The van der Waals surface area contributed by atoms with E-state index in [0.717, 1.165) is 44.9 Å². The first kappa shape index (κ1) is 24.7. The van der Waals surface area contributed by atoms with Gasteiger partial charge in [0.25, 0.3) is 0 Å². The number of fused-ring (bicyclic) bond motifs is 1. The van der Waals surface area contributed by atoms with Gasteiger partial charge in [-0.1, -0.05) is 70.1 Å². The molecule has 1 heterocycles. The second kappa shape index (κ2) is 11.8. The number of ether oxygens (including phenoxy) is 2. The summed E-state index contributed by atoms with van der Waals surface area (Å²) < 4.78 is 39.4. The SMILES string of the molecule is CC1CCC2OCCOC2C1(CCCCCCCCCCO)S(=O)(=O)c1ccccc1. The van der Waals surface area contributed by atoms with E-state index in [1.165, 1.54) is 19.3 Å². The molecule has 2 fully saturated rings. The maximum atomic E-state index is 14.1. The molecular formula is C25H40O5S. The molecule has 0 aromatic heterocycles. The normalized spacial score (nSPS) is 28.9. The molecule has 2 aliphatic rings. The summed E-state index contributed by atoms with van der Waals surface area (Å²) in [6.45, 7) is 3.39. The van der Waals surface area contributed by atoms with Crippen molar-refractivity contribution in [1.82, 2.24) is 0 Å². The molecule has 1 aliphatic carbocycles. The summed E-state index contributed by atoms with van der Waals surface area (Å²) >= 11 is 0. The van der Waals surface area contributed by atoms with E-state index in [-0.39, 0.29) is 18.6 Å². The van der Waals surface area contributed by atoms with Crippen LogP contribution in [0, 0.1) is 5.92 Å². The summed E-state index contributed by atoms with van der Waals surface area (Å²) in [4.78, 5) is 0.403. The summed E-state index contributed by atoms with van der Waals surface area (Å²) in [6, 6.07) is 8.92. The van der Waals surface area contributed by atoms with Crippen molar-refractivity contribution in [3.8, 4) is 0 Å². The summed E-state index contributed by atoms with van der Waals surface area (Å²) in [6.07, 6.45) is 10.4. The Hall–Kier alpha value is -0.950. The first-order chi connectivity index (χ1) is 15.0. The zero-order chi connectivity index (χ0) is 22.2. The Balaban J connectivity index is 1.73. The van der Waals surface area contributed by atoms with Crippen LogP contribution in [0.4, 0.5) is 0 Å². The van der Waals surface area contributed by atoms with Crippen molar-refractivity contribution in [3.05, 3.63) is 30.3 Å². The van der Waals surface area contributed by atoms with Crippen LogP contribution in [-0.2, 0) is 19.3 Å². The van der Waals surface area contributed by atoms with Gasteiger partial charge >= 0.3 is 0 Å². The number of aliphatic hydroxyl groups is 1.